The van der Waals surface area contributed by atoms with Crippen LogP contribution in [0.25, 0.3) is 0 Å². The van der Waals surface area contributed by atoms with Crippen LogP contribution in [0.2, 0.25) is 0 Å². The molecular formula is C24H24N4O2. The number of aromatic nitrogens is 1. The highest BCUT2D eigenvalue weighted by Crippen LogP contribution is 2.22. The number of rotatable bonds is 6. The van der Waals surface area contributed by atoms with Crippen molar-refractivity contribution in [3.8, 4) is 0 Å². The number of hydrogen-bond donors (Lipinski definition) is 3. The minimum Gasteiger partial charge on any atom is -0.353 e. The van der Waals surface area contributed by atoms with Crippen LogP contribution in [0, 0.1) is 0 Å². The van der Waals surface area contributed by atoms with E-state index in [2.05, 4.69) is 27.8 Å². The van der Waals surface area contributed by atoms with Gasteiger partial charge in [0.15, 0.2) is 0 Å². The number of nitrogens with one attached hydrogen (secondary N) is 2. The fourth-order valence-corrected chi connectivity index (χ4v) is 3.79. The van der Waals surface area contributed by atoms with E-state index in [9.17, 15) is 9.59 Å². The van der Waals surface area contributed by atoms with E-state index in [1.165, 1.54) is 11.1 Å². The van der Waals surface area contributed by atoms with E-state index in [-0.39, 0.29) is 24.3 Å². The van der Waals surface area contributed by atoms with Crippen LogP contribution in [-0.4, -0.2) is 22.8 Å². The number of benzene rings is 2. The normalized spacial score (nSPS) is 14.0. The average molecular weight is 400 g/mol. The van der Waals surface area contributed by atoms with Crippen LogP contribution >= 0.6 is 0 Å². The van der Waals surface area contributed by atoms with Gasteiger partial charge in [0.1, 0.15) is 0 Å². The number of nitrogens with zero attached hydrogens (tertiary/aromatic N) is 1. The topological polar surface area (TPSA) is 97.1 Å². The third kappa shape index (κ3) is 4.72. The van der Waals surface area contributed by atoms with Crippen LogP contribution in [0.5, 0.6) is 0 Å². The first-order chi connectivity index (χ1) is 14.6. The molecule has 1 aromatic heterocycles. The largest absolute Gasteiger partial charge is 0.353 e. The fourth-order valence-electron chi connectivity index (χ4n) is 3.79. The molecule has 2 aromatic carbocycles. The maximum absolute atomic E-state index is 12.5. The molecule has 1 heterocycles. The Morgan fingerprint density at radius 1 is 0.967 bits per heavy atom. The predicted octanol–water partition coefficient (Wildman–Crippen LogP) is 3.01. The molecule has 3 aromatic rings. The molecule has 6 heteroatoms. The van der Waals surface area contributed by atoms with Crippen LogP contribution < -0.4 is 16.4 Å². The Labute approximate surface area is 175 Å². The second-order valence-corrected chi connectivity index (χ2v) is 7.56. The molecular weight excluding hydrogens is 376 g/mol. The Morgan fingerprint density at radius 2 is 1.60 bits per heavy atom. The minimum absolute atomic E-state index is 0.0557. The van der Waals surface area contributed by atoms with Gasteiger partial charge in [0.25, 0.3) is 5.91 Å². The molecule has 30 heavy (non-hydrogen) atoms. The van der Waals surface area contributed by atoms with Gasteiger partial charge in [-0.15, -0.1) is 0 Å². The first-order valence-electron chi connectivity index (χ1n) is 10.0. The van der Waals surface area contributed by atoms with E-state index in [1.54, 1.807) is 48.8 Å². The average Bonchev–Trinajstić information content (AvgIpc) is 3.16. The number of carbonyl (C=O) groups excluding carboxylic acids is 2. The zero-order chi connectivity index (χ0) is 20.9. The van der Waals surface area contributed by atoms with Gasteiger partial charge in [0.05, 0.1) is 0 Å². The van der Waals surface area contributed by atoms with E-state index in [0.717, 1.165) is 18.4 Å². The summed E-state index contributed by atoms with van der Waals surface area (Å²) in [6.07, 6.45) is 5.16. The van der Waals surface area contributed by atoms with Crippen LogP contribution in [0.15, 0.2) is 73.1 Å². The number of pyridine rings is 1. The van der Waals surface area contributed by atoms with Gasteiger partial charge in [-0.25, -0.2) is 0 Å². The lowest BCUT2D eigenvalue weighted by Crippen LogP contribution is -2.36. The summed E-state index contributed by atoms with van der Waals surface area (Å²) in [5, 5.41) is 5.91. The third-order valence-corrected chi connectivity index (χ3v) is 5.36. The van der Waals surface area contributed by atoms with Crippen LogP contribution in [0.3, 0.4) is 0 Å². The van der Waals surface area contributed by atoms with Gasteiger partial charge in [-0.05, 0) is 53.8 Å². The summed E-state index contributed by atoms with van der Waals surface area (Å²) >= 11 is 0. The Hall–Kier alpha value is -3.51. The fraction of sp³-hybridized carbons (Fsp3) is 0.208. The molecule has 2 amide bonds. The Balaban J connectivity index is 1.30. The van der Waals surface area contributed by atoms with Crippen molar-refractivity contribution in [2.45, 2.75) is 31.3 Å². The van der Waals surface area contributed by atoms with Crippen molar-refractivity contribution in [2.24, 2.45) is 5.73 Å². The second-order valence-electron chi connectivity index (χ2n) is 7.56. The summed E-state index contributed by atoms with van der Waals surface area (Å²) < 4.78 is 0. The highest BCUT2D eigenvalue weighted by atomic mass is 16.2. The minimum atomic E-state index is -0.425. The lowest BCUT2D eigenvalue weighted by molar-refractivity contribution is -0.122. The summed E-state index contributed by atoms with van der Waals surface area (Å²) in [5.41, 5.74) is 10.9. The van der Waals surface area contributed by atoms with Gasteiger partial charge in [0, 0.05) is 42.1 Å². The first kappa shape index (κ1) is 19.8. The molecule has 0 saturated heterocycles. The zero-order valence-corrected chi connectivity index (χ0v) is 16.5. The van der Waals surface area contributed by atoms with Crippen molar-refractivity contribution >= 4 is 17.5 Å². The zero-order valence-electron chi connectivity index (χ0n) is 16.5. The third-order valence-electron chi connectivity index (χ3n) is 5.36. The molecule has 0 radical (unpaired) electrons. The van der Waals surface area contributed by atoms with E-state index >= 15 is 0 Å². The molecule has 0 spiro atoms. The van der Waals surface area contributed by atoms with Crippen molar-refractivity contribution in [1.29, 1.82) is 0 Å². The Bertz CT molecular complexity index is 1010. The summed E-state index contributed by atoms with van der Waals surface area (Å²) in [5.74, 6) is -0.264. The van der Waals surface area contributed by atoms with E-state index in [1.807, 2.05) is 12.1 Å². The molecule has 152 valence electrons. The van der Waals surface area contributed by atoms with Crippen LogP contribution in [-0.2, 0) is 17.6 Å². The SMILES string of the molecule is NC(CC(=O)NC1Cc2ccccc2C1)c1ccc(C(=O)Nc2ccncc2)cc1. The van der Waals surface area contributed by atoms with Crippen molar-refractivity contribution in [2.75, 3.05) is 5.32 Å². The molecule has 0 bridgehead atoms. The van der Waals surface area contributed by atoms with E-state index in [4.69, 9.17) is 5.73 Å². The highest BCUT2D eigenvalue weighted by Gasteiger charge is 2.23. The van der Waals surface area contributed by atoms with Crippen LogP contribution in [0.1, 0.15) is 39.5 Å². The molecule has 4 rings (SSSR count). The monoisotopic (exact) mass is 400 g/mol. The summed E-state index contributed by atoms with van der Waals surface area (Å²) in [6, 6.07) is 18.5. The molecule has 4 N–H and O–H groups in total. The summed E-state index contributed by atoms with van der Waals surface area (Å²) in [4.78, 5) is 28.7. The standard InChI is InChI=1S/C24H24N4O2/c25-22(15-23(29)27-21-13-18-3-1-2-4-19(18)14-21)16-5-7-17(8-6-16)24(30)28-20-9-11-26-12-10-20/h1-12,21-22H,13-15,25H2,(H,27,29)(H,26,28,30). The second kappa shape index (κ2) is 8.88. The molecule has 0 aliphatic heterocycles. The lowest BCUT2D eigenvalue weighted by atomic mass is 10.0. The Morgan fingerprint density at radius 3 is 2.23 bits per heavy atom. The van der Waals surface area contributed by atoms with Gasteiger partial charge >= 0.3 is 0 Å². The van der Waals surface area contributed by atoms with Gasteiger partial charge in [-0.2, -0.15) is 0 Å². The van der Waals surface area contributed by atoms with Crippen molar-refractivity contribution in [1.82, 2.24) is 10.3 Å². The van der Waals surface area contributed by atoms with Gasteiger partial charge in [-0.3, -0.25) is 14.6 Å². The summed E-state index contributed by atoms with van der Waals surface area (Å²) in [6.45, 7) is 0. The maximum atomic E-state index is 12.5. The van der Waals surface area contributed by atoms with E-state index < -0.39 is 6.04 Å². The number of nitrogens with two attached hydrogens (primary N) is 1. The lowest BCUT2D eigenvalue weighted by Gasteiger charge is -2.16. The van der Waals surface area contributed by atoms with Crippen molar-refractivity contribution in [3.05, 3.63) is 95.3 Å². The quantitative estimate of drug-likeness (QED) is 0.592. The first-order valence-corrected chi connectivity index (χ1v) is 10.0. The Kier molecular flexibility index (Phi) is 5.86. The van der Waals surface area contributed by atoms with E-state index in [0.29, 0.717) is 11.3 Å². The number of fused-ring (bicyclic) bond motifs is 1. The molecule has 1 atom stereocenters. The van der Waals surface area contributed by atoms with Crippen LogP contribution in [0.4, 0.5) is 5.69 Å². The number of hydrogen-bond acceptors (Lipinski definition) is 4. The molecule has 1 aliphatic carbocycles. The van der Waals surface area contributed by atoms with Crippen molar-refractivity contribution in [3.63, 3.8) is 0 Å². The summed E-state index contributed by atoms with van der Waals surface area (Å²) in [7, 11) is 0. The number of carbonyl (C=O) groups is 2. The number of anilines is 1. The maximum Gasteiger partial charge on any atom is 0.255 e. The molecule has 0 saturated carbocycles. The molecule has 1 unspecified atom stereocenters. The number of amides is 2. The highest BCUT2D eigenvalue weighted by molar-refractivity contribution is 6.04. The smallest absolute Gasteiger partial charge is 0.255 e. The molecule has 0 fully saturated rings. The van der Waals surface area contributed by atoms with Crippen molar-refractivity contribution < 1.29 is 9.59 Å². The molecule has 1 aliphatic rings. The predicted molar refractivity (Wildman–Crippen MR) is 116 cm³/mol. The molecule has 6 nitrogen and oxygen atoms in total. The van der Waals surface area contributed by atoms with Gasteiger partial charge < -0.3 is 16.4 Å². The van der Waals surface area contributed by atoms with Gasteiger partial charge in [-0.1, -0.05) is 36.4 Å². The van der Waals surface area contributed by atoms with Gasteiger partial charge in [0.2, 0.25) is 5.91 Å².